The van der Waals surface area contributed by atoms with Crippen LogP contribution in [0.25, 0.3) is 0 Å². The summed E-state index contributed by atoms with van der Waals surface area (Å²) in [6.45, 7) is 2.70. The first-order chi connectivity index (χ1) is 11.0. The van der Waals surface area contributed by atoms with E-state index in [-0.39, 0.29) is 17.1 Å². The van der Waals surface area contributed by atoms with Crippen molar-refractivity contribution < 1.29 is 8.42 Å². The Labute approximate surface area is 142 Å². The lowest BCUT2D eigenvalue weighted by Gasteiger charge is -2.32. The largest absolute Gasteiger partial charge is 0.312 e. The van der Waals surface area contributed by atoms with Gasteiger partial charge in [-0.05, 0) is 30.7 Å². The summed E-state index contributed by atoms with van der Waals surface area (Å²) in [7, 11) is -3.19. The summed E-state index contributed by atoms with van der Waals surface area (Å²) >= 11 is 2.05. The second-order valence-corrected chi connectivity index (χ2v) is 9.59. The van der Waals surface area contributed by atoms with Gasteiger partial charge in [0.2, 0.25) is 0 Å². The van der Waals surface area contributed by atoms with Gasteiger partial charge in [-0.3, -0.25) is 15.6 Å². The molecule has 2 fully saturated rings. The van der Waals surface area contributed by atoms with Gasteiger partial charge in [-0.2, -0.15) is 11.8 Å². The maximum atomic E-state index is 11.5. The maximum absolute atomic E-state index is 11.5. The third kappa shape index (κ3) is 4.67. The number of thioether (sulfide) groups is 1. The van der Waals surface area contributed by atoms with E-state index in [0.29, 0.717) is 0 Å². The number of hydrogen-bond acceptors (Lipinski definition) is 7. The Kier molecular flexibility index (Phi) is 5.58. The van der Waals surface area contributed by atoms with Gasteiger partial charge < -0.3 is 5.32 Å². The standard InChI is InChI=1S/C15H24N4O2S2/c1-23(20,21)12-4-5-13(17-8-12)14-9-16-10-15(19-14)18-7-11-3-2-6-22-11/h4-5,8,11,14-16,18-19H,2-3,6-7,9-10H2,1H3. The van der Waals surface area contributed by atoms with Crippen molar-refractivity contribution in [2.45, 2.75) is 35.2 Å². The summed E-state index contributed by atoms with van der Waals surface area (Å²) in [6, 6.07) is 3.52. The van der Waals surface area contributed by atoms with Crippen LogP contribution in [0.3, 0.4) is 0 Å². The summed E-state index contributed by atoms with van der Waals surface area (Å²) in [5.74, 6) is 1.28. The van der Waals surface area contributed by atoms with Crippen LogP contribution in [0.5, 0.6) is 0 Å². The zero-order valence-corrected chi connectivity index (χ0v) is 14.9. The van der Waals surface area contributed by atoms with E-state index in [1.165, 1.54) is 31.0 Å². The molecule has 8 heteroatoms. The third-order valence-electron chi connectivity index (χ3n) is 4.26. The number of nitrogens with one attached hydrogen (secondary N) is 3. The molecular weight excluding hydrogens is 332 g/mol. The minimum Gasteiger partial charge on any atom is -0.312 e. The zero-order chi connectivity index (χ0) is 16.3. The number of rotatable bonds is 5. The van der Waals surface area contributed by atoms with E-state index in [9.17, 15) is 8.42 Å². The Morgan fingerprint density at radius 3 is 2.91 bits per heavy atom. The highest BCUT2D eigenvalue weighted by molar-refractivity contribution is 8.00. The summed E-state index contributed by atoms with van der Waals surface area (Å²) in [5.41, 5.74) is 0.867. The van der Waals surface area contributed by atoms with E-state index in [1.807, 2.05) is 0 Å². The molecule has 3 rings (SSSR count). The fraction of sp³-hybridized carbons (Fsp3) is 0.667. The summed E-state index contributed by atoms with van der Waals surface area (Å²) in [6.07, 6.45) is 5.48. The van der Waals surface area contributed by atoms with Crippen LogP contribution in [0.1, 0.15) is 24.6 Å². The van der Waals surface area contributed by atoms with Gasteiger partial charge in [-0.15, -0.1) is 0 Å². The minimum atomic E-state index is -3.19. The first kappa shape index (κ1) is 17.2. The highest BCUT2D eigenvalue weighted by Crippen LogP contribution is 2.25. The Hall–Kier alpha value is -0.670. The van der Waals surface area contributed by atoms with Gasteiger partial charge in [0.05, 0.1) is 22.8 Å². The molecule has 0 aliphatic carbocycles. The number of nitrogens with zero attached hydrogens (tertiary/aromatic N) is 1. The minimum absolute atomic E-state index is 0.0890. The van der Waals surface area contributed by atoms with Crippen molar-refractivity contribution in [2.75, 3.05) is 31.6 Å². The summed E-state index contributed by atoms with van der Waals surface area (Å²) in [5, 5.41) is 11.3. The second kappa shape index (κ2) is 7.48. The van der Waals surface area contributed by atoms with Crippen LogP contribution in [-0.4, -0.2) is 56.5 Å². The number of hydrogen-bond donors (Lipinski definition) is 3. The van der Waals surface area contributed by atoms with Gasteiger partial charge in [0.1, 0.15) is 0 Å². The molecule has 6 nitrogen and oxygen atoms in total. The Morgan fingerprint density at radius 1 is 1.39 bits per heavy atom. The summed E-state index contributed by atoms with van der Waals surface area (Å²) in [4.78, 5) is 4.59. The molecule has 2 aliphatic rings. The lowest BCUT2D eigenvalue weighted by molar-refractivity contribution is 0.298. The van der Waals surface area contributed by atoms with E-state index in [1.54, 1.807) is 12.1 Å². The fourth-order valence-electron chi connectivity index (χ4n) is 2.95. The number of aromatic nitrogens is 1. The maximum Gasteiger partial charge on any atom is 0.177 e. The molecule has 0 saturated carbocycles. The number of sulfone groups is 1. The molecular formula is C15H24N4O2S2. The van der Waals surface area contributed by atoms with Crippen molar-refractivity contribution in [3.8, 4) is 0 Å². The van der Waals surface area contributed by atoms with Crippen LogP contribution < -0.4 is 16.0 Å². The summed E-state index contributed by atoms with van der Waals surface area (Å²) < 4.78 is 23.0. The molecule has 0 bridgehead atoms. The topological polar surface area (TPSA) is 83.1 Å². The van der Waals surface area contributed by atoms with E-state index in [0.717, 1.165) is 30.6 Å². The van der Waals surface area contributed by atoms with E-state index in [4.69, 9.17) is 0 Å². The van der Waals surface area contributed by atoms with Crippen LogP contribution >= 0.6 is 11.8 Å². The highest BCUT2D eigenvalue weighted by atomic mass is 32.2. The van der Waals surface area contributed by atoms with Crippen LogP contribution in [0.15, 0.2) is 23.2 Å². The Morgan fingerprint density at radius 2 is 2.26 bits per heavy atom. The molecule has 0 amide bonds. The second-order valence-electron chi connectivity index (χ2n) is 6.16. The van der Waals surface area contributed by atoms with E-state index >= 15 is 0 Å². The quantitative estimate of drug-likeness (QED) is 0.710. The van der Waals surface area contributed by atoms with Crippen LogP contribution in [0, 0.1) is 0 Å². The average Bonchev–Trinajstić information content (AvgIpc) is 3.06. The molecule has 3 N–H and O–H groups in total. The van der Waals surface area contributed by atoms with Crippen LogP contribution in [0.4, 0.5) is 0 Å². The Balaban J connectivity index is 1.57. The molecule has 23 heavy (non-hydrogen) atoms. The van der Waals surface area contributed by atoms with Crippen LogP contribution in [-0.2, 0) is 9.84 Å². The first-order valence-corrected chi connectivity index (χ1v) is 10.9. The van der Waals surface area contributed by atoms with E-state index < -0.39 is 9.84 Å². The van der Waals surface area contributed by atoms with Crippen molar-refractivity contribution in [3.63, 3.8) is 0 Å². The molecule has 3 unspecified atom stereocenters. The fourth-order valence-corrected chi connectivity index (χ4v) is 4.72. The molecule has 2 saturated heterocycles. The van der Waals surface area contributed by atoms with Gasteiger partial charge in [-0.25, -0.2) is 8.42 Å². The average molecular weight is 357 g/mol. The highest BCUT2D eigenvalue weighted by Gasteiger charge is 2.24. The monoisotopic (exact) mass is 356 g/mol. The van der Waals surface area contributed by atoms with Crippen molar-refractivity contribution in [1.29, 1.82) is 0 Å². The molecule has 2 aliphatic heterocycles. The molecule has 128 valence electrons. The molecule has 1 aromatic rings. The molecule has 1 aromatic heterocycles. The smallest absolute Gasteiger partial charge is 0.177 e. The van der Waals surface area contributed by atoms with E-state index in [2.05, 4.69) is 32.7 Å². The lowest BCUT2D eigenvalue weighted by Crippen LogP contribution is -2.57. The van der Waals surface area contributed by atoms with Crippen molar-refractivity contribution in [2.24, 2.45) is 0 Å². The molecule has 0 radical (unpaired) electrons. The Bertz CT molecular complexity index is 615. The van der Waals surface area contributed by atoms with Gasteiger partial charge in [0, 0.05) is 37.3 Å². The van der Waals surface area contributed by atoms with Crippen LogP contribution in [0.2, 0.25) is 0 Å². The number of pyridine rings is 1. The van der Waals surface area contributed by atoms with Gasteiger partial charge in [0.15, 0.2) is 9.84 Å². The molecule has 3 atom stereocenters. The van der Waals surface area contributed by atoms with Crippen molar-refractivity contribution in [3.05, 3.63) is 24.0 Å². The molecule has 0 aromatic carbocycles. The number of piperazine rings is 1. The lowest BCUT2D eigenvalue weighted by atomic mass is 10.1. The zero-order valence-electron chi connectivity index (χ0n) is 13.3. The van der Waals surface area contributed by atoms with Gasteiger partial charge in [-0.1, -0.05) is 0 Å². The third-order valence-corrected chi connectivity index (χ3v) is 6.76. The first-order valence-electron chi connectivity index (χ1n) is 8.00. The SMILES string of the molecule is CS(=O)(=O)c1ccc(C2CNCC(NCC3CCCS3)N2)nc1. The normalized spacial score (nSPS) is 28.8. The van der Waals surface area contributed by atoms with Crippen molar-refractivity contribution in [1.82, 2.24) is 20.9 Å². The van der Waals surface area contributed by atoms with Gasteiger partial charge in [0.25, 0.3) is 0 Å². The molecule has 3 heterocycles. The van der Waals surface area contributed by atoms with Gasteiger partial charge >= 0.3 is 0 Å². The van der Waals surface area contributed by atoms with Crippen molar-refractivity contribution >= 4 is 21.6 Å². The predicted octanol–water partition coefficient (Wildman–Crippen LogP) is 0.530. The molecule has 0 spiro atoms. The predicted molar refractivity (Wildman–Crippen MR) is 93.4 cm³/mol.